The van der Waals surface area contributed by atoms with E-state index in [1.807, 2.05) is 0 Å². The molecule has 5 heteroatoms. The van der Waals surface area contributed by atoms with Crippen molar-refractivity contribution in [3.05, 3.63) is 11.6 Å². The summed E-state index contributed by atoms with van der Waals surface area (Å²) in [6.07, 6.45) is 7.39. The Morgan fingerprint density at radius 1 is 1.22 bits per heavy atom. The maximum absolute atomic E-state index is 9.19. The van der Waals surface area contributed by atoms with Crippen LogP contribution in [0.4, 0.5) is 0 Å². The van der Waals surface area contributed by atoms with Gasteiger partial charge in [-0.2, -0.15) is 0 Å². The fraction of sp³-hybridized carbons (Fsp3) is 0.846. The molecule has 0 spiro atoms. The van der Waals surface area contributed by atoms with E-state index < -0.39 is 0 Å². The maximum atomic E-state index is 9.19. The van der Waals surface area contributed by atoms with Gasteiger partial charge in [-0.25, -0.2) is 0 Å². The minimum absolute atomic E-state index is 0.234. The van der Waals surface area contributed by atoms with Gasteiger partial charge in [0.25, 0.3) is 0 Å². The number of aromatic nitrogens is 3. The monoisotopic (exact) mass is 250 g/mol. The first kappa shape index (κ1) is 12.1. The first-order chi connectivity index (χ1) is 8.88. The van der Waals surface area contributed by atoms with Crippen molar-refractivity contribution in [1.29, 1.82) is 0 Å². The van der Waals surface area contributed by atoms with Crippen LogP contribution < -0.4 is 0 Å². The third-order valence-corrected chi connectivity index (χ3v) is 4.26. The molecule has 1 aromatic heterocycles. The van der Waals surface area contributed by atoms with Crippen LogP contribution in [0.1, 0.15) is 43.8 Å². The Morgan fingerprint density at radius 2 is 2.11 bits per heavy atom. The highest BCUT2D eigenvalue weighted by molar-refractivity contribution is 4.99. The molecule has 2 aliphatic rings. The van der Waals surface area contributed by atoms with E-state index in [1.54, 1.807) is 0 Å². The first-order valence-corrected chi connectivity index (χ1v) is 7.14. The van der Waals surface area contributed by atoms with Gasteiger partial charge in [-0.15, -0.1) is 10.2 Å². The largest absolute Gasteiger partial charge is 0.395 e. The lowest BCUT2D eigenvalue weighted by Crippen LogP contribution is -2.41. The molecule has 0 atom stereocenters. The number of fused-ring (bicyclic) bond motifs is 1. The summed E-state index contributed by atoms with van der Waals surface area (Å²) in [4.78, 5) is 2.37. The molecular formula is C13H22N4O. The van der Waals surface area contributed by atoms with Gasteiger partial charge in [-0.1, -0.05) is 6.42 Å². The molecule has 0 radical (unpaired) electrons. The van der Waals surface area contributed by atoms with Gasteiger partial charge in [0.2, 0.25) is 0 Å². The number of rotatable bonds is 5. The Hall–Kier alpha value is -0.940. The van der Waals surface area contributed by atoms with E-state index in [9.17, 15) is 5.11 Å². The molecule has 0 aromatic carbocycles. The Bertz CT molecular complexity index is 400. The molecule has 1 N–H and O–H groups in total. The SMILES string of the molecule is OCCN(Cc1nnc2n1CCCC2)C1CCC1. The molecule has 3 rings (SSSR count). The van der Waals surface area contributed by atoms with Gasteiger partial charge in [0.15, 0.2) is 0 Å². The predicted octanol–water partition coefficient (Wildman–Crippen LogP) is 0.961. The van der Waals surface area contributed by atoms with Gasteiger partial charge in [0, 0.05) is 25.6 Å². The zero-order valence-electron chi connectivity index (χ0n) is 10.9. The van der Waals surface area contributed by atoms with Crippen LogP contribution in [0.25, 0.3) is 0 Å². The summed E-state index contributed by atoms with van der Waals surface area (Å²) in [6.45, 7) is 2.90. The molecule has 1 aromatic rings. The van der Waals surface area contributed by atoms with Crippen molar-refractivity contribution in [2.75, 3.05) is 13.2 Å². The van der Waals surface area contributed by atoms with Gasteiger partial charge in [-0.3, -0.25) is 4.90 Å². The highest BCUT2D eigenvalue weighted by Gasteiger charge is 2.26. The van der Waals surface area contributed by atoms with Crippen molar-refractivity contribution >= 4 is 0 Å². The third kappa shape index (κ3) is 2.29. The Labute approximate surface area is 108 Å². The van der Waals surface area contributed by atoms with Crippen LogP contribution in [-0.2, 0) is 19.5 Å². The third-order valence-electron chi connectivity index (χ3n) is 4.26. The van der Waals surface area contributed by atoms with Crippen molar-refractivity contribution in [2.24, 2.45) is 0 Å². The normalized spacial score (nSPS) is 19.9. The van der Waals surface area contributed by atoms with Crippen LogP contribution in [0.5, 0.6) is 0 Å². The van der Waals surface area contributed by atoms with Crippen LogP contribution >= 0.6 is 0 Å². The van der Waals surface area contributed by atoms with E-state index in [4.69, 9.17) is 0 Å². The minimum atomic E-state index is 0.234. The lowest BCUT2D eigenvalue weighted by atomic mass is 9.91. The number of aliphatic hydroxyl groups is 1. The van der Waals surface area contributed by atoms with Gasteiger partial charge in [0.05, 0.1) is 13.2 Å². The Morgan fingerprint density at radius 3 is 2.83 bits per heavy atom. The van der Waals surface area contributed by atoms with Crippen molar-refractivity contribution in [3.63, 3.8) is 0 Å². The summed E-state index contributed by atoms with van der Waals surface area (Å²) in [6, 6.07) is 0.647. The highest BCUT2D eigenvalue weighted by atomic mass is 16.3. The molecule has 1 aliphatic heterocycles. The molecule has 0 saturated heterocycles. The predicted molar refractivity (Wildman–Crippen MR) is 68.1 cm³/mol. The fourth-order valence-corrected chi connectivity index (χ4v) is 2.94. The zero-order chi connectivity index (χ0) is 12.4. The second-order valence-corrected chi connectivity index (χ2v) is 5.42. The quantitative estimate of drug-likeness (QED) is 0.846. The summed E-state index contributed by atoms with van der Waals surface area (Å²) >= 11 is 0. The summed E-state index contributed by atoms with van der Waals surface area (Å²) in [5.74, 6) is 2.24. The van der Waals surface area contributed by atoms with Gasteiger partial charge in [-0.05, 0) is 25.7 Å². The van der Waals surface area contributed by atoms with Crippen molar-refractivity contribution in [1.82, 2.24) is 19.7 Å². The smallest absolute Gasteiger partial charge is 0.147 e. The highest BCUT2D eigenvalue weighted by Crippen LogP contribution is 2.26. The topological polar surface area (TPSA) is 54.2 Å². The molecule has 0 amide bonds. The summed E-state index contributed by atoms with van der Waals surface area (Å²) < 4.78 is 2.28. The van der Waals surface area contributed by atoms with Crippen molar-refractivity contribution in [3.8, 4) is 0 Å². The summed E-state index contributed by atoms with van der Waals surface area (Å²) in [5, 5.41) is 17.8. The molecule has 1 fully saturated rings. The number of nitrogens with zero attached hydrogens (tertiary/aromatic N) is 4. The zero-order valence-corrected chi connectivity index (χ0v) is 10.9. The lowest BCUT2D eigenvalue weighted by molar-refractivity contribution is 0.0905. The van der Waals surface area contributed by atoms with Crippen LogP contribution in [0.3, 0.4) is 0 Å². The van der Waals surface area contributed by atoms with Crippen LogP contribution in [0.2, 0.25) is 0 Å². The van der Waals surface area contributed by atoms with Gasteiger partial charge in [0.1, 0.15) is 11.6 Å². The van der Waals surface area contributed by atoms with E-state index in [0.717, 1.165) is 37.7 Å². The van der Waals surface area contributed by atoms with Crippen LogP contribution in [0, 0.1) is 0 Å². The maximum Gasteiger partial charge on any atom is 0.147 e. The van der Waals surface area contributed by atoms with E-state index in [0.29, 0.717) is 6.04 Å². The fourth-order valence-electron chi connectivity index (χ4n) is 2.94. The first-order valence-electron chi connectivity index (χ1n) is 7.14. The average Bonchev–Trinajstić information content (AvgIpc) is 2.71. The minimum Gasteiger partial charge on any atom is -0.395 e. The number of aliphatic hydroxyl groups excluding tert-OH is 1. The average molecular weight is 250 g/mol. The number of hydrogen-bond acceptors (Lipinski definition) is 4. The molecule has 100 valence electrons. The van der Waals surface area contributed by atoms with E-state index in [-0.39, 0.29) is 6.61 Å². The summed E-state index contributed by atoms with van der Waals surface area (Å²) in [5.41, 5.74) is 0. The van der Waals surface area contributed by atoms with Gasteiger partial charge < -0.3 is 9.67 Å². The molecule has 1 aliphatic carbocycles. The standard InChI is InChI=1S/C13H22N4O/c18-9-8-16(11-4-3-5-11)10-13-15-14-12-6-1-2-7-17(12)13/h11,18H,1-10H2. The molecule has 1 saturated carbocycles. The molecule has 0 unspecified atom stereocenters. The molecule has 0 bridgehead atoms. The van der Waals surface area contributed by atoms with E-state index >= 15 is 0 Å². The van der Waals surface area contributed by atoms with Crippen LogP contribution in [-0.4, -0.2) is 44.0 Å². The molecular weight excluding hydrogens is 228 g/mol. The second kappa shape index (κ2) is 5.36. The molecule has 18 heavy (non-hydrogen) atoms. The molecule has 5 nitrogen and oxygen atoms in total. The van der Waals surface area contributed by atoms with Crippen LogP contribution in [0.15, 0.2) is 0 Å². The summed E-state index contributed by atoms with van der Waals surface area (Å²) in [7, 11) is 0. The lowest BCUT2D eigenvalue weighted by Gasteiger charge is -2.37. The van der Waals surface area contributed by atoms with E-state index in [2.05, 4.69) is 19.7 Å². The van der Waals surface area contributed by atoms with Crippen molar-refractivity contribution < 1.29 is 5.11 Å². The molecule has 2 heterocycles. The van der Waals surface area contributed by atoms with Crippen molar-refractivity contribution in [2.45, 2.75) is 57.7 Å². The Kier molecular flexibility index (Phi) is 3.61. The number of hydrogen-bond donors (Lipinski definition) is 1. The number of aryl methyl sites for hydroxylation is 1. The van der Waals surface area contributed by atoms with E-state index in [1.165, 1.54) is 32.1 Å². The Balaban J connectivity index is 1.71. The second-order valence-electron chi connectivity index (χ2n) is 5.42. The van der Waals surface area contributed by atoms with Gasteiger partial charge >= 0.3 is 0 Å².